The molecule has 14 N–H and O–H groups in total. The van der Waals surface area contributed by atoms with Crippen molar-refractivity contribution in [3.05, 3.63) is 87.5 Å². The van der Waals surface area contributed by atoms with Gasteiger partial charge in [-0.25, -0.2) is 14.8 Å². The largest absolute Gasteiger partial charge is 0.481 e. The number of nitrogens with zero attached hydrogens (tertiary/aromatic N) is 7. The van der Waals surface area contributed by atoms with Gasteiger partial charge in [0.15, 0.2) is 11.2 Å². The number of H-pyrrole nitrogens is 1. The average molecular weight is 1240 g/mol. The molecule has 5 amide bonds. The minimum absolute atomic E-state index is 0.0203. The number of aliphatic carboxylic acids is 5. The van der Waals surface area contributed by atoms with E-state index in [4.69, 9.17) is 5.73 Å². The number of benzene rings is 2. The molecule has 31 nitrogen and oxygen atoms in total. The van der Waals surface area contributed by atoms with Crippen LogP contribution in [0.15, 0.2) is 59.5 Å². The van der Waals surface area contributed by atoms with E-state index in [2.05, 4.69) is 51.8 Å². The third-order valence-corrected chi connectivity index (χ3v) is 14.5. The highest BCUT2D eigenvalue weighted by atomic mass is 16.4. The van der Waals surface area contributed by atoms with Gasteiger partial charge in [-0.3, -0.25) is 72.5 Å². The summed E-state index contributed by atoms with van der Waals surface area (Å²) in [6, 6.07) is 9.62. The second kappa shape index (κ2) is 36.8. The number of hydrogen-bond donors (Lipinski definition) is 13. The van der Waals surface area contributed by atoms with Crippen molar-refractivity contribution in [3.63, 3.8) is 0 Å². The second-order valence-electron chi connectivity index (χ2n) is 21.7. The van der Waals surface area contributed by atoms with Gasteiger partial charge in [-0.1, -0.05) is 29.8 Å². The van der Waals surface area contributed by atoms with Gasteiger partial charge < -0.3 is 63.2 Å². The number of aromatic amines is 1. The van der Waals surface area contributed by atoms with E-state index in [0.717, 1.165) is 17.5 Å². The Morgan fingerprint density at radius 3 is 1.61 bits per heavy atom. The molecule has 0 bridgehead atoms. The summed E-state index contributed by atoms with van der Waals surface area (Å²) >= 11 is 0. The maximum absolute atomic E-state index is 14.1. The van der Waals surface area contributed by atoms with Crippen LogP contribution in [0.2, 0.25) is 0 Å². The van der Waals surface area contributed by atoms with Crippen molar-refractivity contribution >= 4 is 82.2 Å². The molecule has 1 saturated heterocycles. The quantitative estimate of drug-likeness (QED) is 0.0253. The van der Waals surface area contributed by atoms with Crippen LogP contribution in [0.25, 0.3) is 11.2 Å². The standard InChI is InChI=1S/C58H81N15O16/c1-37-11-13-38(14-12-37)7-6-10-45(74)60-21-5-3-9-44(57(88)89)67-54(85)42(8-2-4-22-61-46(75)33-70-23-25-71(34-48(78)79)27-29-73(36-50(82)83)30-28-72(26-24-70)35-49(80)81)66-55(86)43(19-20-47(76)77)65-53(84)39-15-17-40(18-16-39)62-31-41-32-63-52-51(64-41)56(87)69-58(59)68-52/h11-18,32,42-44,62H,2-10,19-31,33-36H2,1H3,(H,60,74)(H,61,75)(H,65,84)(H,66,86)(H,67,85)(H,76,77)(H,78,79)(H,80,81)(H,82,83)(H,88,89)(H3,59,63,68,69,87). The smallest absolute Gasteiger partial charge is 0.326 e. The summed E-state index contributed by atoms with van der Waals surface area (Å²) in [5.74, 6) is -9.30. The molecular weight excluding hydrogens is 1160 g/mol. The van der Waals surface area contributed by atoms with E-state index in [9.17, 15) is 78.3 Å². The molecule has 3 unspecified atom stereocenters. The molecule has 31 heteroatoms. The third kappa shape index (κ3) is 26.8. The number of fused-ring (bicyclic) bond motifs is 1. The Balaban J connectivity index is 1.22. The first kappa shape index (κ1) is 70.6. The molecule has 89 heavy (non-hydrogen) atoms. The Labute approximate surface area is 512 Å². The van der Waals surface area contributed by atoms with Crippen LogP contribution in [0, 0.1) is 6.92 Å². The Bertz CT molecular complexity index is 3080. The number of carboxylic acid groups (broad SMARTS) is 5. The predicted octanol–water partition coefficient (Wildman–Crippen LogP) is -0.695. The maximum Gasteiger partial charge on any atom is 0.326 e. The van der Waals surface area contributed by atoms with Crippen LogP contribution in [0.4, 0.5) is 11.6 Å². The topological polar surface area (TPSA) is 455 Å². The Kier molecular flexibility index (Phi) is 29.2. The van der Waals surface area contributed by atoms with Gasteiger partial charge >= 0.3 is 29.8 Å². The van der Waals surface area contributed by atoms with Gasteiger partial charge in [-0.15, -0.1) is 0 Å². The highest BCUT2D eigenvalue weighted by molar-refractivity contribution is 5.99. The van der Waals surface area contributed by atoms with Crippen LogP contribution >= 0.6 is 0 Å². The molecule has 0 saturated carbocycles. The van der Waals surface area contributed by atoms with Crippen LogP contribution in [0.1, 0.15) is 91.4 Å². The normalized spacial score (nSPS) is 14.8. The van der Waals surface area contributed by atoms with E-state index in [0.29, 0.717) is 30.6 Å². The molecule has 3 atom stereocenters. The molecule has 2 aromatic carbocycles. The van der Waals surface area contributed by atoms with Crippen molar-refractivity contribution in [1.29, 1.82) is 0 Å². The average Bonchev–Trinajstić information content (AvgIpc) is 3.59. The molecule has 5 rings (SSSR count). The van der Waals surface area contributed by atoms with Crippen LogP contribution in [0.3, 0.4) is 0 Å². The monoisotopic (exact) mass is 1240 g/mol. The van der Waals surface area contributed by atoms with E-state index in [-0.39, 0.29) is 159 Å². The summed E-state index contributed by atoms with van der Waals surface area (Å²) in [6.07, 6.45) is 2.95. The number of nitrogens with two attached hydrogens (primary N) is 1. The SMILES string of the molecule is Cc1ccc(CCCC(=O)NCCCCC(NC(=O)C(CCCCNC(=O)CN2CCN(CC(=O)O)CCN(CC(=O)O)CCN(CC(=O)O)CC2)NC(=O)C(CCC(=O)O)NC(=O)c2ccc(NCc3cnc4nc(N)[nH]c(=O)c4n3)cc2)C(=O)O)cc1. The van der Waals surface area contributed by atoms with Gasteiger partial charge in [0.2, 0.25) is 29.6 Å². The lowest BCUT2D eigenvalue weighted by atomic mass is 10.0. The number of hydrogen-bond acceptors (Lipinski definition) is 20. The van der Waals surface area contributed by atoms with E-state index in [1.54, 1.807) is 31.7 Å². The molecule has 2 aromatic heterocycles. The van der Waals surface area contributed by atoms with Crippen LogP contribution in [-0.2, 0) is 56.1 Å². The molecule has 1 aliphatic rings. The number of anilines is 2. The highest BCUT2D eigenvalue weighted by Gasteiger charge is 2.31. The lowest BCUT2D eigenvalue weighted by Gasteiger charge is -2.32. The van der Waals surface area contributed by atoms with E-state index < -0.39 is 90.0 Å². The molecule has 1 aliphatic heterocycles. The summed E-state index contributed by atoms with van der Waals surface area (Å²) < 4.78 is 0. The van der Waals surface area contributed by atoms with Crippen molar-refractivity contribution in [2.45, 2.75) is 102 Å². The molecule has 0 aliphatic carbocycles. The summed E-state index contributed by atoms with van der Waals surface area (Å²) in [5, 5.41) is 64.9. The van der Waals surface area contributed by atoms with Crippen molar-refractivity contribution in [1.82, 2.24) is 66.1 Å². The number of aryl methyl sites for hydroxylation is 2. The first-order valence-corrected chi connectivity index (χ1v) is 29.4. The zero-order chi connectivity index (χ0) is 64.8. The second-order valence-corrected chi connectivity index (χ2v) is 21.7. The summed E-state index contributed by atoms with van der Waals surface area (Å²) in [6.45, 7) is 2.75. The van der Waals surface area contributed by atoms with E-state index >= 15 is 0 Å². The van der Waals surface area contributed by atoms with Crippen molar-refractivity contribution < 1.29 is 73.5 Å². The minimum atomic E-state index is -1.51. The predicted molar refractivity (Wildman–Crippen MR) is 322 cm³/mol. The Hall–Kier alpha value is -9.20. The van der Waals surface area contributed by atoms with Crippen molar-refractivity contribution in [2.24, 2.45) is 0 Å². The molecule has 1 fully saturated rings. The molecular formula is C58H81N15O16. The van der Waals surface area contributed by atoms with Crippen molar-refractivity contribution in [3.8, 4) is 0 Å². The number of nitrogen functional groups attached to an aromatic ring is 1. The van der Waals surface area contributed by atoms with Gasteiger partial charge in [-0.05, 0) is 94.5 Å². The number of carbonyl (C=O) groups is 10. The molecule has 3 heterocycles. The third-order valence-electron chi connectivity index (χ3n) is 14.5. The number of nitrogens with one attached hydrogen (secondary N) is 7. The lowest BCUT2D eigenvalue weighted by Crippen LogP contribution is -2.55. The first-order chi connectivity index (χ1) is 42.5. The number of aromatic nitrogens is 4. The fraction of sp³-hybridized carbons (Fsp3) is 0.517. The summed E-state index contributed by atoms with van der Waals surface area (Å²) in [7, 11) is 0. The Morgan fingerprint density at radius 2 is 1.08 bits per heavy atom. The Morgan fingerprint density at radius 1 is 0.573 bits per heavy atom. The van der Waals surface area contributed by atoms with E-state index in [1.165, 1.54) is 18.3 Å². The molecule has 484 valence electrons. The van der Waals surface area contributed by atoms with Gasteiger partial charge in [0.25, 0.3) is 11.5 Å². The number of rotatable bonds is 35. The highest BCUT2D eigenvalue weighted by Crippen LogP contribution is 2.15. The van der Waals surface area contributed by atoms with Gasteiger partial charge in [0.1, 0.15) is 18.1 Å². The molecule has 4 aromatic rings. The molecule has 0 spiro atoms. The number of unbranched alkanes of at least 4 members (excludes halogenated alkanes) is 2. The van der Waals surface area contributed by atoms with E-state index in [1.807, 2.05) is 31.2 Å². The first-order valence-electron chi connectivity index (χ1n) is 29.4. The summed E-state index contributed by atoms with van der Waals surface area (Å²) in [5.41, 5.74) is 8.28. The van der Waals surface area contributed by atoms with Gasteiger partial charge in [-0.2, -0.15) is 4.98 Å². The zero-order valence-corrected chi connectivity index (χ0v) is 49.7. The van der Waals surface area contributed by atoms with Gasteiger partial charge in [0, 0.05) is 89.5 Å². The zero-order valence-electron chi connectivity index (χ0n) is 49.7. The lowest BCUT2D eigenvalue weighted by molar-refractivity contribution is -0.142. The van der Waals surface area contributed by atoms with Crippen LogP contribution in [0.5, 0.6) is 0 Å². The fourth-order valence-corrected chi connectivity index (χ4v) is 9.58. The number of carboxylic acids is 5. The maximum atomic E-state index is 14.1. The van der Waals surface area contributed by atoms with Crippen LogP contribution in [-0.4, -0.2) is 234 Å². The number of carbonyl (C=O) groups excluding carboxylic acids is 5. The fourth-order valence-electron chi connectivity index (χ4n) is 9.58. The van der Waals surface area contributed by atoms with Crippen molar-refractivity contribution in [2.75, 3.05) is 103 Å². The van der Waals surface area contributed by atoms with Crippen LogP contribution < -0.4 is 43.2 Å². The van der Waals surface area contributed by atoms with Gasteiger partial charge in [0.05, 0.1) is 44.6 Å². The minimum Gasteiger partial charge on any atom is -0.481 e. The number of amides is 5. The molecule has 0 radical (unpaired) electrons. The summed E-state index contributed by atoms with van der Waals surface area (Å²) in [4.78, 5) is 161.